The normalized spacial score (nSPS) is 15.0. The molecule has 130 valence electrons. The number of nitrogens with one attached hydrogen (secondary N) is 1. The van der Waals surface area contributed by atoms with Crippen molar-refractivity contribution < 1.29 is 0 Å². The molecular weight excluding hydrogens is 308 g/mol. The van der Waals surface area contributed by atoms with Crippen LogP contribution in [-0.2, 0) is 6.42 Å². The van der Waals surface area contributed by atoms with Crippen molar-refractivity contribution in [3.8, 4) is 0 Å². The lowest BCUT2D eigenvalue weighted by molar-refractivity contribution is 0.440. The molecule has 0 radical (unpaired) electrons. The van der Waals surface area contributed by atoms with Gasteiger partial charge in [0.2, 0.25) is 0 Å². The standard InChI is InChI=1S/C21H26N4/c1-2-23-21(24-14-10-18-7-6-13-22-17-18)25-15-11-20(12-16-25)19-8-4-3-5-9-19/h3-9,11,13,17H,2,10,12,14-16H2,1H3,(H,23,24). The van der Waals surface area contributed by atoms with Crippen LogP contribution in [0.3, 0.4) is 0 Å². The van der Waals surface area contributed by atoms with Gasteiger partial charge in [-0.05, 0) is 42.5 Å². The van der Waals surface area contributed by atoms with Crippen molar-refractivity contribution in [3.05, 3.63) is 72.1 Å². The number of aliphatic imine (C=N–C) groups is 1. The molecule has 1 N–H and O–H groups in total. The molecule has 0 spiro atoms. The van der Waals surface area contributed by atoms with Crippen molar-refractivity contribution in [2.45, 2.75) is 19.8 Å². The summed E-state index contributed by atoms with van der Waals surface area (Å²) in [4.78, 5) is 11.3. The number of aromatic nitrogens is 1. The Labute approximate surface area is 150 Å². The van der Waals surface area contributed by atoms with Gasteiger partial charge < -0.3 is 10.2 Å². The van der Waals surface area contributed by atoms with Crippen LogP contribution in [0, 0.1) is 0 Å². The fourth-order valence-electron chi connectivity index (χ4n) is 3.04. The Bertz CT molecular complexity index is 707. The van der Waals surface area contributed by atoms with Crippen molar-refractivity contribution in [1.29, 1.82) is 0 Å². The monoisotopic (exact) mass is 334 g/mol. The maximum absolute atomic E-state index is 4.80. The molecule has 0 fully saturated rings. The van der Waals surface area contributed by atoms with Crippen molar-refractivity contribution >= 4 is 11.5 Å². The van der Waals surface area contributed by atoms with Crippen LogP contribution in [-0.4, -0.2) is 42.0 Å². The molecule has 0 atom stereocenters. The second kappa shape index (κ2) is 9.02. The summed E-state index contributed by atoms with van der Waals surface area (Å²) in [5.74, 6) is 1.01. The smallest absolute Gasteiger partial charge is 0.194 e. The van der Waals surface area contributed by atoms with Crippen molar-refractivity contribution in [2.24, 2.45) is 4.99 Å². The van der Waals surface area contributed by atoms with Crippen LogP contribution >= 0.6 is 0 Å². The predicted molar refractivity (Wildman–Crippen MR) is 105 cm³/mol. The van der Waals surface area contributed by atoms with Gasteiger partial charge in [0.15, 0.2) is 5.96 Å². The molecule has 1 aliphatic rings. The molecular formula is C21H26N4. The molecule has 2 heterocycles. The molecule has 2 aromatic rings. The minimum Gasteiger partial charge on any atom is -0.357 e. The summed E-state index contributed by atoms with van der Waals surface area (Å²) in [6.45, 7) is 5.69. The van der Waals surface area contributed by atoms with Gasteiger partial charge in [0.1, 0.15) is 0 Å². The Morgan fingerprint density at radius 3 is 2.76 bits per heavy atom. The third kappa shape index (κ3) is 4.92. The van der Waals surface area contributed by atoms with E-state index < -0.39 is 0 Å². The molecule has 0 bridgehead atoms. The summed E-state index contributed by atoms with van der Waals surface area (Å²) in [7, 11) is 0. The SMILES string of the molecule is CCNC(=NCCc1cccnc1)N1CC=C(c2ccccc2)CC1. The van der Waals surface area contributed by atoms with Crippen LogP contribution in [0.1, 0.15) is 24.5 Å². The highest BCUT2D eigenvalue weighted by molar-refractivity contribution is 5.81. The van der Waals surface area contributed by atoms with Crippen LogP contribution in [0.15, 0.2) is 65.9 Å². The Kier molecular flexibility index (Phi) is 6.21. The molecule has 25 heavy (non-hydrogen) atoms. The molecule has 0 aliphatic carbocycles. The van der Waals surface area contributed by atoms with Gasteiger partial charge in [0.05, 0.1) is 0 Å². The quantitative estimate of drug-likeness (QED) is 0.673. The molecule has 1 aromatic carbocycles. The van der Waals surface area contributed by atoms with Gasteiger partial charge in [-0.3, -0.25) is 9.98 Å². The van der Waals surface area contributed by atoms with Crippen LogP contribution in [0.25, 0.3) is 5.57 Å². The first-order valence-corrected chi connectivity index (χ1v) is 9.03. The van der Waals surface area contributed by atoms with E-state index in [0.717, 1.165) is 45.0 Å². The first-order chi connectivity index (χ1) is 12.4. The minimum atomic E-state index is 0.778. The zero-order chi connectivity index (χ0) is 17.3. The van der Waals surface area contributed by atoms with Crippen molar-refractivity contribution in [2.75, 3.05) is 26.2 Å². The summed E-state index contributed by atoms with van der Waals surface area (Å²) in [5, 5.41) is 3.42. The number of hydrogen-bond donors (Lipinski definition) is 1. The second-order valence-electron chi connectivity index (χ2n) is 6.14. The van der Waals surface area contributed by atoms with Gasteiger partial charge in [0, 0.05) is 38.6 Å². The summed E-state index contributed by atoms with van der Waals surface area (Å²) < 4.78 is 0. The van der Waals surface area contributed by atoms with E-state index in [-0.39, 0.29) is 0 Å². The summed E-state index contributed by atoms with van der Waals surface area (Å²) in [5.41, 5.74) is 4.00. The van der Waals surface area contributed by atoms with E-state index >= 15 is 0 Å². The summed E-state index contributed by atoms with van der Waals surface area (Å²) >= 11 is 0. The second-order valence-corrected chi connectivity index (χ2v) is 6.14. The molecule has 4 heteroatoms. The topological polar surface area (TPSA) is 40.5 Å². The lowest BCUT2D eigenvalue weighted by Crippen LogP contribution is -2.43. The first-order valence-electron chi connectivity index (χ1n) is 9.03. The largest absolute Gasteiger partial charge is 0.357 e. The van der Waals surface area contributed by atoms with E-state index in [2.05, 4.69) is 64.6 Å². The maximum atomic E-state index is 4.80. The maximum Gasteiger partial charge on any atom is 0.194 e. The Morgan fingerprint density at radius 2 is 2.08 bits per heavy atom. The van der Waals surface area contributed by atoms with Crippen LogP contribution in [0.2, 0.25) is 0 Å². The fourth-order valence-corrected chi connectivity index (χ4v) is 3.04. The number of nitrogens with zero attached hydrogens (tertiary/aromatic N) is 3. The molecule has 0 saturated carbocycles. The third-order valence-corrected chi connectivity index (χ3v) is 4.37. The lowest BCUT2D eigenvalue weighted by Gasteiger charge is -2.30. The van der Waals surface area contributed by atoms with Gasteiger partial charge in [-0.15, -0.1) is 0 Å². The zero-order valence-electron chi connectivity index (χ0n) is 14.9. The molecule has 1 aliphatic heterocycles. The molecule has 0 saturated heterocycles. The molecule has 4 nitrogen and oxygen atoms in total. The highest BCUT2D eigenvalue weighted by Gasteiger charge is 2.15. The van der Waals surface area contributed by atoms with Crippen LogP contribution in [0.4, 0.5) is 0 Å². The lowest BCUT2D eigenvalue weighted by atomic mass is 10.00. The average molecular weight is 334 g/mol. The number of pyridine rings is 1. The minimum absolute atomic E-state index is 0.778. The van der Waals surface area contributed by atoms with Crippen molar-refractivity contribution in [3.63, 3.8) is 0 Å². The summed E-state index contributed by atoms with van der Waals surface area (Å²) in [6.07, 6.45) is 8.02. The first kappa shape index (κ1) is 17.2. The van der Waals surface area contributed by atoms with Gasteiger partial charge in [-0.25, -0.2) is 0 Å². The molecule has 0 unspecified atom stereocenters. The van der Waals surface area contributed by atoms with E-state index in [9.17, 15) is 0 Å². The molecule has 3 rings (SSSR count). The van der Waals surface area contributed by atoms with Gasteiger partial charge in [0.25, 0.3) is 0 Å². The Morgan fingerprint density at radius 1 is 1.20 bits per heavy atom. The average Bonchev–Trinajstić information content (AvgIpc) is 2.69. The predicted octanol–water partition coefficient (Wildman–Crippen LogP) is 3.38. The van der Waals surface area contributed by atoms with E-state index in [1.54, 1.807) is 6.20 Å². The third-order valence-electron chi connectivity index (χ3n) is 4.37. The zero-order valence-corrected chi connectivity index (χ0v) is 14.9. The van der Waals surface area contributed by atoms with E-state index in [1.165, 1.54) is 16.7 Å². The molecule has 1 aromatic heterocycles. The van der Waals surface area contributed by atoms with Crippen molar-refractivity contribution in [1.82, 2.24) is 15.2 Å². The van der Waals surface area contributed by atoms with Crippen LogP contribution < -0.4 is 5.32 Å². The highest BCUT2D eigenvalue weighted by Crippen LogP contribution is 2.21. The van der Waals surface area contributed by atoms with Gasteiger partial charge in [-0.2, -0.15) is 0 Å². The van der Waals surface area contributed by atoms with E-state index in [1.807, 2.05) is 12.3 Å². The van der Waals surface area contributed by atoms with Gasteiger partial charge >= 0.3 is 0 Å². The number of benzene rings is 1. The number of rotatable bonds is 5. The highest BCUT2D eigenvalue weighted by atomic mass is 15.3. The number of guanidine groups is 1. The van der Waals surface area contributed by atoms with Gasteiger partial charge in [-0.1, -0.05) is 42.5 Å². The van der Waals surface area contributed by atoms with E-state index in [0.29, 0.717) is 0 Å². The van der Waals surface area contributed by atoms with E-state index in [4.69, 9.17) is 4.99 Å². The summed E-state index contributed by atoms with van der Waals surface area (Å²) in [6, 6.07) is 14.7. The molecule has 0 amide bonds. The Hall–Kier alpha value is -2.62. The van der Waals surface area contributed by atoms with Crippen LogP contribution in [0.5, 0.6) is 0 Å². The Balaban J connectivity index is 1.61. The number of hydrogen-bond acceptors (Lipinski definition) is 2. The fraction of sp³-hybridized carbons (Fsp3) is 0.333.